The van der Waals surface area contributed by atoms with Crippen LogP contribution in [0.15, 0.2) is 97.1 Å². The van der Waals surface area contributed by atoms with E-state index in [-0.39, 0.29) is 124 Å². The van der Waals surface area contributed by atoms with Crippen LogP contribution >= 0.6 is 0 Å². The van der Waals surface area contributed by atoms with E-state index in [0.717, 1.165) is 73.6 Å². The van der Waals surface area contributed by atoms with Crippen molar-refractivity contribution in [3.8, 4) is 0 Å². The monoisotopic (exact) mass is 900 g/mol. The summed E-state index contributed by atoms with van der Waals surface area (Å²) in [7, 11) is 0. The molecule has 12 unspecified atom stereocenters. The van der Waals surface area contributed by atoms with Crippen molar-refractivity contribution in [3.63, 3.8) is 0 Å². The maximum atomic E-state index is 11.9. The predicted octanol–water partition coefficient (Wildman–Crippen LogP) is 4.98. The van der Waals surface area contributed by atoms with Gasteiger partial charge in [-0.2, -0.15) is 0 Å². The van der Waals surface area contributed by atoms with E-state index in [0.29, 0.717) is 0 Å². The first-order chi connectivity index (χ1) is 29.0. The second-order valence-corrected chi connectivity index (χ2v) is 17.4. The second kappa shape index (κ2) is 19.0. The largest absolute Gasteiger partial charge is 3.00 e. The quantitative estimate of drug-likeness (QED) is 0.131. The summed E-state index contributed by atoms with van der Waals surface area (Å²) in [5.41, 5.74) is 5.09. The van der Waals surface area contributed by atoms with Crippen LogP contribution < -0.4 is 23.0 Å². The number of carbonyl (C=O) groups is 4. The summed E-state index contributed by atoms with van der Waals surface area (Å²) in [4.78, 5) is 47.6. The number of hydrogen-bond acceptors (Lipinski definition) is 6. The van der Waals surface area contributed by atoms with Gasteiger partial charge in [-0.05, 0) is 120 Å². The first kappa shape index (κ1) is 45.4. The zero-order valence-corrected chi connectivity index (χ0v) is 35.8. The molecule has 5 heterocycles. The minimum atomic E-state index is -0.974. The average molecular weight is 901 g/mol. The Balaban J connectivity index is 0.00000289. The number of nitrogens with zero attached hydrogens (tertiary/aromatic N) is 2. The second-order valence-electron chi connectivity index (χ2n) is 17.4. The van der Waals surface area contributed by atoms with E-state index in [4.69, 9.17) is 10.6 Å². The summed E-state index contributed by atoms with van der Waals surface area (Å²) in [6.07, 6.45) is 6.87. The number of carboxylic acids is 4. The van der Waals surface area contributed by atoms with Gasteiger partial charge < -0.3 is 54.1 Å². The Morgan fingerprint density at radius 1 is 0.371 bits per heavy atom. The van der Waals surface area contributed by atoms with Crippen LogP contribution in [-0.4, -0.2) is 92.6 Å². The maximum Gasteiger partial charge on any atom is 3.00 e. The normalized spacial score (nSPS) is 31.4. The smallest absolute Gasteiger partial charge is 1.00 e. The first-order valence-electron chi connectivity index (χ1n) is 21.3. The van der Waals surface area contributed by atoms with E-state index in [1.165, 1.54) is 0 Å². The molecule has 6 N–H and O–H groups in total. The molecular weight excluding hydrogens is 851 g/mol. The van der Waals surface area contributed by atoms with Gasteiger partial charge in [-0.25, -0.2) is 19.2 Å². The number of halogens is 1. The number of nitrogens with one attached hydrogen (secondary N) is 2. The Morgan fingerprint density at radius 3 is 0.742 bits per heavy atom. The topological polar surface area (TPSA) is 201 Å². The van der Waals surface area contributed by atoms with Gasteiger partial charge in [0.2, 0.25) is 0 Å². The average Bonchev–Trinajstić information content (AvgIpc) is 4.10. The number of carboxylic acid groups (broad SMARTS) is 4. The van der Waals surface area contributed by atoms with Crippen LogP contribution in [0.2, 0.25) is 0 Å². The van der Waals surface area contributed by atoms with Gasteiger partial charge in [0, 0.05) is 24.2 Å². The summed E-state index contributed by atoms with van der Waals surface area (Å²) >= 11 is 0. The van der Waals surface area contributed by atoms with Crippen molar-refractivity contribution in [1.82, 2.24) is 10.6 Å². The standard InChI is InChI=1S/C48H50N4O8.ClH.Mn/c53-45(54)29-9-1-25(2-10-29)41-33-17-19-35(49-33)42(26-3-11-30(12-4-26)46(55)56)37-21-23-39(51-37)44(28-7-15-32(16-8-28)48(59)60)40-24-22-38(52-40)43(36-20-18-34(41)50-36)27-5-13-31(14-6-27)47(57)58;;/h1-16,33-44,49,52H,17-24H2,(H,53,54)(H,55,56)(H,57,58)(H,59,60);1H;/q-2;;+3/p-1. The third-order valence-corrected chi connectivity index (χ3v) is 14.3. The molecule has 0 aromatic heterocycles. The van der Waals surface area contributed by atoms with Gasteiger partial charge in [0.05, 0.1) is 22.3 Å². The molecule has 0 amide bonds. The van der Waals surface area contributed by atoms with E-state index in [2.05, 4.69) is 10.6 Å². The van der Waals surface area contributed by atoms with Crippen molar-refractivity contribution in [2.24, 2.45) is 0 Å². The molecule has 4 aromatic rings. The number of fused-ring (bicyclic) bond motifs is 8. The molecule has 62 heavy (non-hydrogen) atoms. The minimum Gasteiger partial charge on any atom is -1.00 e. The van der Waals surface area contributed by atoms with Crippen molar-refractivity contribution < 1.29 is 69.1 Å². The van der Waals surface area contributed by atoms with Gasteiger partial charge in [-0.15, -0.1) is 24.2 Å². The summed E-state index contributed by atoms with van der Waals surface area (Å²) in [6.45, 7) is 0. The van der Waals surface area contributed by atoms with E-state index < -0.39 is 23.9 Å². The van der Waals surface area contributed by atoms with Crippen molar-refractivity contribution in [2.75, 3.05) is 0 Å². The Bertz CT molecular complexity index is 1890. The number of hydrogen-bond donors (Lipinski definition) is 6. The summed E-state index contributed by atoms with van der Waals surface area (Å²) in [5, 5.41) is 58.5. The molecule has 324 valence electrons. The molecule has 5 fully saturated rings. The van der Waals surface area contributed by atoms with Crippen LogP contribution in [0.3, 0.4) is 0 Å². The fourth-order valence-corrected chi connectivity index (χ4v) is 11.6. The molecule has 14 heteroatoms. The van der Waals surface area contributed by atoms with E-state index in [1.54, 1.807) is 48.5 Å². The molecule has 4 aromatic carbocycles. The van der Waals surface area contributed by atoms with Gasteiger partial charge in [-0.3, -0.25) is 0 Å². The van der Waals surface area contributed by atoms with E-state index in [1.807, 2.05) is 48.5 Å². The van der Waals surface area contributed by atoms with Gasteiger partial charge in [0.25, 0.3) is 0 Å². The molecule has 5 saturated heterocycles. The molecule has 8 bridgehead atoms. The predicted molar refractivity (Wildman–Crippen MR) is 225 cm³/mol. The molecule has 0 spiro atoms. The van der Waals surface area contributed by atoms with Crippen LogP contribution in [0.5, 0.6) is 0 Å². The van der Waals surface area contributed by atoms with Crippen molar-refractivity contribution in [3.05, 3.63) is 152 Å². The van der Waals surface area contributed by atoms with Crippen molar-refractivity contribution in [2.45, 2.75) is 123 Å². The SMILES string of the molecule is O=C(O)c1ccc(C2C3CCC([N-]3)C(c3ccc(C(=O)O)cc3)C3CCC(N3)C(c3ccc(C(=O)O)cc3)C3CCC([N-]3)C(c3ccc(C(=O)O)cc3)C3CCC2N3)cc1.[Cl-].[Mn+3]. The summed E-state index contributed by atoms with van der Waals surface area (Å²) in [5.74, 6) is -4.02. The Kier molecular flexibility index (Phi) is 13.9. The van der Waals surface area contributed by atoms with E-state index in [9.17, 15) is 39.6 Å². The maximum absolute atomic E-state index is 11.9. The number of rotatable bonds is 8. The molecule has 0 radical (unpaired) electrons. The summed E-state index contributed by atoms with van der Waals surface area (Å²) in [6, 6.07) is 28.9. The number of aromatic carboxylic acids is 4. The number of benzene rings is 4. The molecule has 0 aliphatic carbocycles. The van der Waals surface area contributed by atoms with Crippen molar-refractivity contribution in [1.29, 1.82) is 0 Å². The molecule has 12 nitrogen and oxygen atoms in total. The third-order valence-electron chi connectivity index (χ3n) is 14.3. The molecule has 12 atom stereocenters. The molecule has 5 aliphatic heterocycles. The van der Waals surface area contributed by atoms with Crippen LogP contribution in [0.25, 0.3) is 10.6 Å². The van der Waals surface area contributed by atoms with E-state index >= 15 is 0 Å². The Labute approximate surface area is 377 Å². The van der Waals surface area contributed by atoms with Crippen LogP contribution in [0, 0.1) is 0 Å². The Hall–Kier alpha value is -4.59. The fourth-order valence-electron chi connectivity index (χ4n) is 11.6. The first-order valence-corrected chi connectivity index (χ1v) is 21.3. The molecule has 0 saturated carbocycles. The van der Waals surface area contributed by atoms with Crippen LogP contribution in [-0.2, 0) is 17.1 Å². The molecule has 9 rings (SSSR count). The van der Waals surface area contributed by atoms with Gasteiger partial charge in [-0.1, -0.05) is 74.2 Å². The zero-order valence-electron chi connectivity index (χ0n) is 33.9. The van der Waals surface area contributed by atoms with Gasteiger partial charge >= 0.3 is 40.9 Å². The Morgan fingerprint density at radius 2 is 0.565 bits per heavy atom. The minimum absolute atomic E-state index is 0. The van der Waals surface area contributed by atoms with Gasteiger partial charge in [0.1, 0.15) is 0 Å². The fraction of sp³-hybridized carbons (Fsp3) is 0.417. The molecule has 5 aliphatic rings. The van der Waals surface area contributed by atoms with Crippen LogP contribution in [0.1, 0.15) is 139 Å². The summed E-state index contributed by atoms with van der Waals surface area (Å²) < 4.78 is 0. The van der Waals surface area contributed by atoms with Gasteiger partial charge in [0.15, 0.2) is 0 Å². The third kappa shape index (κ3) is 8.95. The van der Waals surface area contributed by atoms with Crippen molar-refractivity contribution >= 4 is 23.9 Å². The van der Waals surface area contributed by atoms with Crippen LogP contribution in [0.4, 0.5) is 0 Å². The molecular formula is C48H50ClMnN4O8. The zero-order chi connectivity index (χ0) is 41.7.